The highest BCUT2D eigenvalue weighted by Gasteiger charge is 2.15. The van der Waals surface area contributed by atoms with Crippen molar-refractivity contribution < 1.29 is 9.53 Å². The minimum atomic E-state index is 0.109. The van der Waals surface area contributed by atoms with E-state index in [1.807, 2.05) is 36.0 Å². The summed E-state index contributed by atoms with van der Waals surface area (Å²) in [6.07, 6.45) is 2.68. The van der Waals surface area contributed by atoms with Gasteiger partial charge in [-0.3, -0.25) is 4.79 Å². The van der Waals surface area contributed by atoms with Crippen LogP contribution in [0.3, 0.4) is 0 Å². The van der Waals surface area contributed by atoms with E-state index in [1.54, 1.807) is 7.05 Å². The second-order valence-corrected chi connectivity index (χ2v) is 5.58. The van der Waals surface area contributed by atoms with Crippen LogP contribution in [0.25, 0.3) is 0 Å². The first-order valence-electron chi connectivity index (χ1n) is 6.32. The number of nitrogens with one attached hydrogen (secondary N) is 1. The summed E-state index contributed by atoms with van der Waals surface area (Å²) in [7, 11) is 1.77. The van der Waals surface area contributed by atoms with Crippen molar-refractivity contribution >= 4 is 17.5 Å². The molecule has 1 heterocycles. The first-order chi connectivity index (χ1) is 8.79. The highest BCUT2D eigenvalue weighted by atomic mass is 32.2. The lowest BCUT2D eigenvalue weighted by atomic mass is 10.1. The summed E-state index contributed by atoms with van der Waals surface area (Å²) in [4.78, 5) is 11.6. The Morgan fingerprint density at radius 2 is 2.22 bits per heavy atom. The van der Waals surface area contributed by atoms with Crippen molar-refractivity contribution in [3.8, 4) is 5.75 Å². The van der Waals surface area contributed by atoms with Crippen molar-refractivity contribution in [2.45, 2.75) is 18.9 Å². The van der Waals surface area contributed by atoms with Gasteiger partial charge in [0, 0.05) is 11.3 Å². The Bertz CT molecular complexity index is 385. The molecule has 3 nitrogen and oxygen atoms in total. The Hall–Kier alpha value is -1.00. The van der Waals surface area contributed by atoms with Crippen molar-refractivity contribution in [1.29, 1.82) is 0 Å². The molecule has 1 aromatic rings. The maximum atomic E-state index is 11.6. The fourth-order valence-electron chi connectivity index (χ4n) is 1.98. The quantitative estimate of drug-likeness (QED) is 0.830. The van der Waals surface area contributed by atoms with E-state index < -0.39 is 0 Å². The molecule has 98 valence electrons. The predicted octanol–water partition coefficient (Wildman–Crippen LogP) is 2.36. The number of benzene rings is 1. The third-order valence-corrected chi connectivity index (χ3v) is 4.12. The Morgan fingerprint density at radius 3 is 2.83 bits per heavy atom. The third kappa shape index (κ3) is 3.75. The van der Waals surface area contributed by atoms with Crippen molar-refractivity contribution in [1.82, 2.24) is 5.32 Å². The molecule has 0 aliphatic carbocycles. The molecule has 0 bridgehead atoms. The number of hydrogen-bond donors (Lipinski definition) is 1. The van der Waals surface area contributed by atoms with Gasteiger partial charge in [0.25, 0.3) is 0 Å². The molecule has 0 radical (unpaired) electrons. The Kier molecular flexibility index (Phi) is 5.08. The number of ketones is 1. The average molecular weight is 265 g/mol. The Balaban J connectivity index is 1.92. The second kappa shape index (κ2) is 6.81. The fourth-order valence-corrected chi connectivity index (χ4v) is 3.01. The van der Waals surface area contributed by atoms with Crippen LogP contribution in [-0.4, -0.2) is 37.0 Å². The summed E-state index contributed by atoms with van der Waals surface area (Å²) < 4.78 is 5.90. The molecule has 1 N–H and O–H groups in total. The van der Waals surface area contributed by atoms with Gasteiger partial charge in [0.1, 0.15) is 11.9 Å². The van der Waals surface area contributed by atoms with Gasteiger partial charge in [-0.2, -0.15) is 11.8 Å². The smallest absolute Gasteiger partial charge is 0.176 e. The van der Waals surface area contributed by atoms with E-state index >= 15 is 0 Å². The standard InChI is InChI=1S/C14H19NO2S/c1-15-9-14(16)11-4-6-12(7-5-11)17-13-3-2-8-18-10-13/h4-7,13,15H,2-3,8-10H2,1H3. The van der Waals surface area contributed by atoms with Gasteiger partial charge in [-0.25, -0.2) is 0 Å². The lowest BCUT2D eigenvalue weighted by Crippen LogP contribution is -2.23. The molecule has 1 aromatic carbocycles. The second-order valence-electron chi connectivity index (χ2n) is 4.43. The molecule has 2 rings (SSSR count). The Labute approximate surface area is 112 Å². The van der Waals surface area contributed by atoms with Crippen LogP contribution in [0.5, 0.6) is 5.75 Å². The fraction of sp³-hybridized carbons (Fsp3) is 0.500. The third-order valence-electron chi connectivity index (χ3n) is 2.93. The molecular weight excluding hydrogens is 246 g/mol. The normalized spacial score (nSPS) is 19.5. The van der Waals surface area contributed by atoms with Crippen molar-refractivity contribution in [2.24, 2.45) is 0 Å². The van der Waals surface area contributed by atoms with E-state index in [0.717, 1.165) is 23.5 Å². The lowest BCUT2D eigenvalue weighted by Gasteiger charge is -2.22. The van der Waals surface area contributed by atoms with Gasteiger partial charge in [-0.05, 0) is 49.9 Å². The van der Waals surface area contributed by atoms with Gasteiger partial charge >= 0.3 is 0 Å². The molecule has 1 aliphatic heterocycles. The largest absolute Gasteiger partial charge is 0.490 e. The monoisotopic (exact) mass is 265 g/mol. The molecule has 18 heavy (non-hydrogen) atoms. The van der Waals surface area contributed by atoms with Gasteiger partial charge in [0.2, 0.25) is 0 Å². The van der Waals surface area contributed by atoms with Gasteiger partial charge in [-0.15, -0.1) is 0 Å². The van der Waals surface area contributed by atoms with Crippen LogP contribution in [0.4, 0.5) is 0 Å². The number of Topliss-reactive ketones (excluding diaryl/α,β-unsaturated/α-hetero) is 1. The zero-order valence-corrected chi connectivity index (χ0v) is 11.5. The van der Waals surface area contributed by atoms with Gasteiger partial charge in [-0.1, -0.05) is 0 Å². The molecular formula is C14H19NO2S. The van der Waals surface area contributed by atoms with Crippen LogP contribution in [0.15, 0.2) is 24.3 Å². The van der Waals surface area contributed by atoms with E-state index in [2.05, 4.69) is 5.32 Å². The van der Waals surface area contributed by atoms with Gasteiger partial charge in [0.15, 0.2) is 5.78 Å². The molecule has 0 spiro atoms. The molecule has 1 saturated heterocycles. The summed E-state index contributed by atoms with van der Waals surface area (Å²) in [6.45, 7) is 0.374. The van der Waals surface area contributed by atoms with Crippen LogP contribution in [-0.2, 0) is 0 Å². The molecule has 0 saturated carbocycles. The summed E-state index contributed by atoms with van der Waals surface area (Å²) >= 11 is 1.95. The van der Waals surface area contributed by atoms with E-state index in [4.69, 9.17) is 4.74 Å². The average Bonchev–Trinajstić information content (AvgIpc) is 2.41. The van der Waals surface area contributed by atoms with Crippen LogP contribution < -0.4 is 10.1 Å². The molecule has 1 fully saturated rings. The number of ether oxygens (including phenoxy) is 1. The number of hydrogen-bond acceptors (Lipinski definition) is 4. The zero-order chi connectivity index (χ0) is 12.8. The Morgan fingerprint density at radius 1 is 1.44 bits per heavy atom. The number of thioether (sulfide) groups is 1. The van der Waals surface area contributed by atoms with Crippen molar-refractivity contribution in [2.75, 3.05) is 25.1 Å². The number of carbonyl (C=O) groups is 1. The van der Waals surface area contributed by atoms with Crippen LogP contribution in [0, 0.1) is 0 Å². The summed E-state index contributed by atoms with van der Waals surface area (Å²) in [6, 6.07) is 7.46. The van der Waals surface area contributed by atoms with Gasteiger partial charge in [0.05, 0.1) is 6.54 Å². The molecule has 1 aliphatic rings. The lowest BCUT2D eigenvalue weighted by molar-refractivity contribution is 0.0993. The highest BCUT2D eigenvalue weighted by molar-refractivity contribution is 7.99. The van der Waals surface area contributed by atoms with E-state index in [-0.39, 0.29) is 5.78 Å². The van der Waals surface area contributed by atoms with E-state index in [9.17, 15) is 4.79 Å². The molecule has 4 heteroatoms. The minimum Gasteiger partial charge on any atom is -0.490 e. The highest BCUT2D eigenvalue weighted by Crippen LogP contribution is 2.22. The molecule has 0 aromatic heterocycles. The number of rotatable bonds is 5. The van der Waals surface area contributed by atoms with Crippen LogP contribution >= 0.6 is 11.8 Å². The SMILES string of the molecule is CNCC(=O)c1ccc(OC2CCCSC2)cc1. The number of likely N-dealkylation sites (N-methyl/N-ethyl adjacent to an activating group) is 1. The van der Waals surface area contributed by atoms with Crippen molar-refractivity contribution in [3.63, 3.8) is 0 Å². The minimum absolute atomic E-state index is 0.109. The van der Waals surface area contributed by atoms with Crippen LogP contribution in [0.1, 0.15) is 23.2 Å². The topological polar surface area (TPSA) is 38.3 Å². The zero-order valence-electron chi connectivity index (χ0n) is 10.6. The molecule has 0 amide bonds. The number of carbonyl (C=O) groups excluding carboxylic acids is 1. The maximum Gasteiger partial charge on any atom is 0.176 e. The maximum absolute atomic E-state index is 11.6. The van der Waals surface area contributed by atoms with Gasteiger partial charge < -0.3 is 10.1 Å². The first kappa shape index (κ1) is 13.4. The van der Waals surface area contributed by atoms with E-state index in [1.165, 1.54) is 12.2 Å². The van der Waals surface area contributed by atoms with Crippen LogP contribution in [0.2, 0.25) is 0 Å². The molecule has 1 atom stereocenters. The molecule has 1 unspecified atom stereocenters. The first-order valence-corrected chi connectivity index (χ1v) is 7.47. The van der Waals surface area contributed by atoms with Crippen molar-refractivity contribution in [3.05, 3.63) is 29.8 Å². The predicted molar refractivity (Wildman–Crippen MR) is 75.7 cm³/mol. The van der Waals surface area contributed by atoms with E-state index in [0.29, 0.717) is 12.6 Å². The summed E-state index contributed by atoms with van der Waals surface area (Å²) in [5.41, 5.74) is 0.731. The summed E-state index contributed by atoms with van der Waals surface area (Å²) in [5, 5.41) is 2.86. The summed E-state index contributed by atoms with van der Waals surface area (Å²) in [5.74, 6) is 3.29.